The number of hydrogen-bond acceptors (Lipinski definition) is 1. The van der Waals surface area contributed by atoms with E-state index in [1.807, 2.05) is 0 Å². The van der Waals surface area contributed by atoms with Crippen molar-refractivity contribution in [1.29, 1.82) is 0 Å². The molecule has 0 radical (unpaired) electrons. The Hall–Kier alpha value is -9.56. The first-order valence-electron chi connectivity index (χ1n) is 25.2. The lowest BCUT2D eigenvalue weighted by molar-refractivity contribution is 1.31. The van der Waals surface area contributed by atoms with Crippen LogP contribution in [0.5, 0.6) is 0 Å². The zero-order valence-electron chi connectivity index (χ0n) is 40.1. The second-order valence-electron chi connectivity index (χ2n) is 19.2. The maximum Gasteiger partial charge on any atom is 0.0618 e. The lowest BCUT2D eigenvalue weighted by atomic mass is 9.84. The Balaban J connectivity index is 1.07. The van der Waals surface area contributed by atoms with Crippen LogP contribution >= 0.6 is 0 Å². The number of fused-ring (bicyclic) bond motifs is 7. The number of benzene rings is 14. The van der Waals surface area contributed by atoms with Gasteiger partial charge in [0.25, 0.3) is 0 Å². The summed E-state index contributed by atoms with van der Waals surface area (Å²) in [6.45, 7) is 0. The van der Waals surface area contributed by atoms with Gasteiger partial charge in [-0.15, -0.1) is 0 Å². The number of hydrogen-bond donors (Lipinski definition) is 0. The lowest BCUT2D eigenvalue weighted by Gasteiger charge is -2.30. The highest BCUT2D eigenvalue weighted by molar-refractivity contribution is 6.25. The third-order valence-corrected chi connectivity index (χ3v) is 14.9. The van der Waals surface area contributed by atoms with Crippen LogP contribution in [0.3, 0.4) is 0 Å². The standard InChI is InChI=1S/C72H47N/c1-2-16-48(17-3-1)30-31-49-32-40-59(41-33-49)73(72-66-28-14-12-26-63(66)70(64-27-13-15-29-67(64)72)57-38-35-51-19-5-8-22-54(51)45-57)60-42-43-65-68(47-60)71(58-39-36-52-20-6-9-23-55(52)46-58)62-25-11-10-24-61(62)69(65)56-37-34-50-18-4-7-21-53(50)44-56/h1-47H/b31-30+. The maximum absolute atomic E-state index is 2.52. The summed E-state index contributed by atoms with van der Waals surface area (Å²) in [6.07, 6.45) is 4.40. The fourth-order valence-electron chi connectivity index (χ4n) is 11.5. The van der Waals surface area contributed by atoms with Crippen molar-refractivity contribution >= 4 is 105 Å². The van der Waals surface area contributed by atoms with E-state index in [9.17, 15) is 0 Å². The van der Waals surface area contributed by atoms with E-state index < -0.39 is 0 Å². The molecule has 0 amide bonds. The van der Waals surface area contributed by atoms with Crippen LogP contribution in [0.1, 0.15) is 11.1 Å². The van der Waals surface area contributed by atoms with Crippen LogP contribution in [-0.4, -0.2) is 0 Å². The molecule has 0 saturated carbocycles. The molecule has 0 aliphatic heterocycles. The summed E-state index contributed by atoms with van der Waals surface area (Å²) in [5, 5.41) is 17.0. The number of rotatable bonds is 8. The first kappa shape index (κ1) is 42.3. The Labute approximate surface area is 424 Å². The Morgan fingerprint density at radius 3 is 1.03 bits per heavy atom. The Kier molecular flexibility index (Phi) is 10.3. The molecule has 14 aromatic carbocycles. The molecular formula is C72H47N. The monoisotopic (exact) mass is 925 g/mol. The molecular weight excluding hydrogens is 879 g/mol. The van der Waals surface area contributed by atoms with E-state index >= 15 is 0 Å². The minimum atomic E-state index is 1.08. The van der Waals surface area contributed by atoms with Crippen molar-refractivity contribution in [3.05, 3.63) is 284 Å². The minimum absolute atomic E-state index is 1.08. The molecule has 0 heterocycles. The average molecular weight is 926 g/mol. The molecule has 14 rings (SSSR count). The van der Waals surface area contributed by atoms with Crippen molar-refractivity contribution < 1.29 is 0 Å². The molecule has 0 unspecified atom stereocenters. The van der Waals surface area contributed by atoms with E-state index in [0.717, 1.165) is 22.6 Å². The topological polar surface area (TPSA) is 3.24 Å². The van der Waals surface area contributed by atoms with Gasteiger partial charge in [0, 0.05) is 22.1 Å². The van der Waals surface area contributed by atoms with Gasteiger partial charge in [0.2, 0.25) is 0 Å². The maximum atomic E-state index is 2.52. The molecule has 0 aliphatic rings. The summed E-state index contributed by atoms with van der Waals surface area (Å²) in [4.78, 5) is 2.52. The van der Waals surface area contributed by atoms with E-state index in [4.69, 9.17) is 0 Å². The van der Waals surface area contributed by atoms with Gasteiger partial charge < -0.3 is 4.90 Å². The molecule has 0 aromatic heterocycles. The second-order valence-corrected chi connectivity index (χ2v) is 19.2. The van der Waals surface area contributed by atoms with Crippen molar-refractivity contribution in [3.8, 4) is 33.4 Å². The van der Waals surface area contributed by atoms with E-state index in [1.54, 1.807) is 0 Å². The zero-order chi connectivity index (χ0) is 48.2. The smallest absolute Gasteiger partial charge is 0.0618 e. The molecule has 0 fully saturated rings. The summed E-state index contributed by atoms with van der Waals surface area (Å²) in [5.41, 5.74) is 12.9. The molecule has 0 bridgehead atoms. The summed E-state index contributed by atoms with van der Waals surface area (Å²) in [6, 6.07) is 101. The number of nitrogens with zero attached hydrogens (tertiary/aromatic N) is 1. The predicted octanol–water partition coefficient (Wildman–Crippen LogP) is 20.4. The van der Waals surface area contributed by atoms with Crippen molar-refractivity contribution in [2.75, 3.05) is 4.90 Å². The summed E-state index contributed by atoms with van der Waals surface area (Å²) >= 11 is 0. The van der Waals surface area contributed by atoms with Gasteiger partial charge in [-0.3, -0.25) is 0 Å². The first-order valence-corrected chi connectivity index (χ1v) is 25.2. The fraction of sp³-hybridized carbons (Fsp3) is 0. The highest BCUT2D eigenvalue weighted by Gasteiger charge is 2.25. The highest BCUT2D eigenvalue weighted by atomic mass is 15.1. The largest absolute Gasteiger partial charge is 0.309 e. The Morgan fingerprint density at radius 1 is 0.219 bits per heavy atom. The average Bonchev–Trinajstić information content (AvgIpc) is 3.46. The Morgan fingerprint density at radius 2 is 0.562 bits per heavy atom. The summed E-state index contributed by atoms with van der Waals surface area (Å²) < 4.78 is 0. The highest BCUT2D eigenvalue weighted by Crippen LogP contribution is 2.51. The number of anilines is 3. The lowest BCUT2D eigenvalue weighted by Crippen LogP contribution is -2.12. The van der Waals surface area contributed by atoms with Gasteiger partial charge in [0.15, 0.2) is 0 Å². The van der Waals surface area contributed by atoms with E-state index in [2.05, 4.69) is 290 Å². The van der Waals surface area contributed by atoms with Crippen molar-refractivity contribution in [2.24, 2.45) is 0 Å². The second kappa shape index (κ2) is 17.7. The molecule has 0 saturated heterocycles. The van der Waals surface area contributed by atoms with E-state index in [1.165, 1.54) is 114 Å². The van der Waals surface area contributed by atoms with Crippen LogP contribution in [0, 0.1) is 0 Å². The normalized spacial score (nSPS) is 11.8. The van der Waals surface area contributed by atoms with Gasteiger partial charge in [0.05, 0.1) is 5.69 Å². The molecule has 0 spiro atoms. The first-order chi connectivity index (χ1) is 36.2. The van der Waals surface area contributed by atoms with E-state index in [-0.39, 0.29) is 0 Å². The molecule has 340 valence electrons. The Bertz CT molecular complexity index is 4430. The van der Waals surface area contributed by atoms with Crippen molar-refractivity contribution in [2.45, 2.75) is 0 Å². The van der Waals surface area contributed by atoms with Crippen LogP contribution in [0.2, 0.25) is 0 Å². The van der Waals surface area contributed by atoms with Crippen LogP contribution in [0.4, 0.5) is 17.1 Å². The molecule has 1 nitrogen and oxygen atoms in total. The molecule has 73 heavy (non-hydrogen) atoms. The molecule has 0 aliphatic carbocycles. The predicted molar refractivity (Wildman–Crippen MR) is 315 cm³/mol. The molecule has 1 heteroatoms. The molecule has 14 aromatic rings. The quantitative estimate of drug-likeness (QED) is 0.108. The molecule has 0 N–H and O–H groups in total. The fourth-order valence-corrected chi connectivity index (χ4v) is 11.5. The van der Waals surface area contributed by atoms with Crippen LogP contribution in [0.15, 0.2) is 273 Å². The van der Waals surface area contributed by atoms with Crippen LogP contribution in [0.25, 0.3) is 121 Å². The van der Waals surface area contributed by atoms with Gasteiger partial charge in [-0.1, -0.05) is 243 Å². The van der Waals surface area contributed by atoms with Crippen molar-refractivity contribution in [1.82, 2.24) is 0 Å². The van der Waals surface area contributed by atoms with Gasteiger partial charge in [-0.2, -0.15) is 0 Å². The van der Waals surface area contributed by atoms with Crippen LogP contribution < -0.4 is 4.90 Å². The third-order valence-electron chi connectivity index (χ3n) is 14.9. The van der Waals surface area contributed by atoms with E-state index in [0.29, 0.717) is 0 Å². The SMILES string of the molecule is C(=C\c1ccc(N(c2ccc3c(-c4ccc5ccccc5c4)c4ccccc4c(-c4ccc5ccccc5c4)c3c2)c2c3ccccc3c(-c3ccc4ccccc4c3)c3ccccc23)cc1)/c1ccccc1. The molecule has 0 atom stereocenters. The van der Waals surface area contributed by atoms with Gasteiger partial charge in [-0.25, -0.2) is 0 Å². The van der Waals surface area contributed by atoms with Crippen LogP contribution in [-0.2, 0) is 0 Å². The van der Waals surface area contributed by atoms with Gasteiger partial charge in [0.1, 0.15) is 0 Å². The van der Waals surface area contributed by atoms with Crippen molar-refractivity contribution in [3.63, 3.8) is 0 Å². The van der Waals surface area contributed by atoms with Gasteiger partial charge >= 0.3 is 0 Å². The van der Waals surface area contributed by atoms with Gasteiger partial charge in [-0.05, 0) is 152 Å². The third kappa shape index (κ3) is 7.41. The summed E-state index contributed by atoms with van der Waals surface area (Å²) in [7, 11) is 0. The summed E-state index contributed by atoms with van der Waals surface area (Å²) in [5.74, 6) is 0. The minimum Gasteiger partial charge on any atom is -0.309 e. The zero-order valence-corrected chi connectivity index (χ0v) is 40.1.